The zero-order chi connectivity index (χ0) is 16.2. The molecule has 2 heterocycles. The number of amides is 1. The summed E-state index contributed by atoms with van der Waals surface area (Å²) in [5.41, 5.74) is 1.62. The van der Waals surface area contributed by atoms with Gasteiger partial charge in [-0.15, -0.1) is 0 Å². The van der Waals surface area contributed by atoms with Gasteiger partial charge in [0.2, 0.25) is 0 Å². The van der Waals surface area contributed by atoms with Crippen molar-refractivity contribution in [1.82, 2.24) is 9.88 Å². The van der Waals surface area contributed by atoms with Crippen LogP contribution in [0.4, 0.5) is 5.69 Å². The lowest BCUT2D eigenvalue weighted by molar-refractivity contribution is 0.0742. The average Bonchev–Trinajstić information content (AvgIpc) is 2.62. The summed E-state index contributed by atoms with van der Waals surface area (Å²) in [5.74, 6) is 0.806. The molecule has 1 fully saturated rings. The number of aromatic nitrogens is 1. The average molecular weight is 328 g/mol. The summed E-state index contributed by atoms with van der Waals surface area (Å²) in [5, 5.41) is 0.368. The maximum absolute atomic E-state index is 12.5. The molecule has 120 valence electrons. The first-order chi connectivity index (χ1) is 11.2. The molecule has 3 rings (SSSR count). The standard InChI is InChI=1S/C17H19N3O2S/c1-22-14-5-2-4-13(12-14)19-8-10-20(11-9-19)17(21)15-6-3-7-18-16(15)23/h2-7,12H,8-11H2,1H3,(H,18,23)/p-1. The molecule has 0 atom stereocenters. The molecule has 1 amide bonds. The third kappa shape index (κ3) is 3.37. The normalized spacial score (nSPS) is 14.7. The van der Waals surface area contributed by atoms with Crippen molar-refractivity contribution in [3.8, 4) is 5.75 Å². The fourth-order valence-corrected chi connectivity index (χ4v) is 2.92. The molecule has 0 bridgehead atoms. The number of carbonyl (C=O) groups excluding carboxylic acids is 1. The number of hydrogen-bond donors (Lipinski definition) is 0. The minimum atomic E-state index is -0.0339. The van der Waals surface area contributed by atoms with E-state index in [0.717, 1.165) is 24.5 Å². The smallest absolute Gasteiger partial charge is 0.253 e. The number of benzene rings is 1. The Balaban J connectivity index is 1.66. The second-order valence-electron chi connectivity index (χ2n) is 5.34. The Labute approximate surface area is 141 Å². The first kappa shape index (κ1) is 15.6. The molecule has 0 radical (unpaired) electrons. The lowest BCUT2D eigenvalue weighted by Gasteiger charge is -2.36. The summed E-state index contributed by atoms with van der Waals surface area (Å²) in [4.78, 5) is 20.7. The fourth-order valence-electron chi connectivity index (χ4n) is 2.70. The number of ether oxygens (including phenoxy) is 1. The van der Waals surface area contributed by atoms with Crippen LogP contribution in [0.5, 0.6) is 5.75 Å². The summed E-state index contributed by atoms with van der Waals surface area (Å²) < 4.78 is 5.27. The van der Waals surface area contributed by atoms with Gasteiger partial charge in [-0.2, -0.15) is 0 Å². The lowest BCUT2D eigenvalue weighted by Crippen LogP contribution is -2.49. The van der Waals surface area contributed by atoms with Gasteiger partial charge < -0.3 is 27.2 Å². The Bertz CT molecular complexity index is 700. The molecular weight excluding hydrogens is 310 g/mol. The molecular formula is C17H18N3O2S-. The van der Waals surface area contributed by atoms with E-state index in [0.29, 0.717) is 23.7 Å². The van der Waals surface area contributed by atoms with Crippen molar-refractivity contribution in [3.63, 3.8) is 0 Å². The first-order valence-corrected chi connectivity index (χ1v) is 7.90. The second-order valence-corrected chi connectivity index (χ2v) is 5.72. The highest BCUT2D eigenvalue weighted by molar-refractivity contribution is 7.58. The highest BCUT2D eigenvalue weighted by Crippen LogP contribution is 2.22. The molecule has 1 aromatic heterocycles. The van der Waals surface area contributed by atoms with Gasteiger partial charge in [-0.25, -0.2) is 0 Å². The number of hydrogen-bond acceptors (Lipinski definition) is 5. The molecule has 1 saturated heterocycles. The van der Waals surface area contributed by atoms with E-state index >= 15 is 0 Å². The molecule has 6 heteroatoms. The van der Waals surface area contributed by atoms with Crippen LogP contribution in [0.15, 0.2) is 47.6 Å². The minimum absolute atomic E-state index is 0.0339. The Kier molecular flexibility index (Phi) is 4.62. The van der Waals surface area contributed by atoms with E-state index in [9.17, 15) is 4.79 Å². The lowest BCUT2D eigenvalue weighted by atomic mass is 10.2. The largest absolute Gasteiger partial charge is 0.759 e. The van der Waals surface area contributed by atoms with Crippen LogP contribution in [0.2, 0.25) is 0 Å². The van der Waals surface area contributed by atoms with E-state index in [-0.39, 0.29) is 5.91 Å². The van der Waals surface area contributed by atoms with Crippen LogP contribution >= 0.6 is 0 Å². The molecule has 1 aliphatic heterocycles. The predicted molar refractivity (Wildman–Crippen MR) is 91.0 cm³/mol. The van der Waals surface area contributed by atoms with Crippen molar-refractivity contribution >= 4 is 24.2 Å². The molecule has 5 nitrogen and oxygen atoms in total. The molecule has 23 heavy (non-hydrogen) atoms. The Morgan fingerprint density at radius 3 is 2.65 bits per heavy atom. The predicted octanol–water partition coefficient (Wildman–Crippen LogP) is 1.96. The number of nitrogens with zero attached hydrogens (tertiary/aromatic N) is 3. The van der Waals surface area contributed by atoms with Gasteiger partial charge in [0.05, 0.1) is 7.11 Å². The van der Waals surface area contributed by atoms with Crippen LogP contribution < -0.4 is 9.64 Å². The Morgan fingerprint density at radius 2 is 1.96 bits per heavy atom. The van der Waals surface area contributed by atoms with E-state index in [2.05, 4.69) is 16.0 Å². The molecule has 0 aliphatic carbocycles. The van der Waals surface area contributed by atoms with Crippen molar-refractivity contribution in [2.24, 2.45) is 0 Å². The number of anilines is 1. The number of methoxy groups -OCH3 is 1. The van der Waals surface area contributed by atoms with Crippen molar-refractivity contribution in [2.75, 3.05) is 38.2 Å². The number of pyridine rings is 1. The van der Waals surface area contributed by atoms with Crippen molar-refractivity contribution in [2.45, 2.75) is 5.03 Å². The van der Waals surface area contributed by atoms with Gasteiger partial charge in [0, 0.05) is 49.7 Å². The van der Waals surface area contributed by atoms with Gasteiger partial charge in [0.1, 0.15) is 5.75 Å². The van der Waals surface area contributed by atoms with Crippen LogP contribution in [0, 0.1) is 0 Å². The van der Waals surface area contributed by atoms with Crippen LogP contribution in [0.1, 0.15) is 10.4 Å². The zero-order valence-electron chi connectivity index (χ0n) is 12.9. The van der Waals surface area contributed by atoms with Crippen molar-refractivity contribution in [1.29, 1.82) is 0 Å². The number of piperazine rings is 1. The molecule has 1 aromatic carbocycles. The van der Waals surface area contributed by atoms with E-state index in [1.807, 2.05) is 23.1 Å². The quantitative estimate of drug-likeness (QED) is 0.806. The second kappa shape index (κ2) is 6.83. The first-order valence-electron chi connectivity index (χ1n) is 7.49. The molecule has 0 saturated carbocycles. The van der Waals surface area contributed by atoms with Crippen LogP contribution in [-0.2, 0) is 12.6 Å². The monoisotopic (exact) mass is 328 g/mol. The summed E-state index contributed by atoms with van der Waals surface area (Å²) >= 11 is 5.14. The molecule has 1 aliphatic rings. The molecule has 0 N–H and O–H groups in total. The summed E-state index contributed by atoms with van der Waals surface area (Å²) in [6, 6.07) is 11.5. The molecule has 0 spiro atoms. The topological polar surface area (TPSA) is 45.7 Å². The van der Waals surface area contributed by atoms with E-state index in [4.69, 9.17) is 17.4 Å². The fraction of sp³-hybridized carbons (Fsp3) is 0.294. The SMILES string of the molecule is COc1cccc(N2CCN(C(=O)c3cccnc3[S-])CC2)c1. The Hall–Kier alpha value is -2.34. The zero-order valence-corrected chi connectivity index (χ0v) is 13.8. The Morgan fingerprint density at radius 1 is 1.17 bits per heavy atom. The van der Waals surface area contributed by atoms with Gasteiger partial charge in [-0.05, 0) is 24.3 Å². The van der Waals surface area contributed by atoms with Crippen LogP contribution in [0.25, 0.3) is 0 Å². The van der Waals surface area contributed by atoms with Crippen LogP contribution in [-0.4, -0.2) is 49.1 Å². The molecule has 0 unspecified atom stereocenters. The summed E-state index contributed by atoms with van der Waals surface area (Å²) in [7, 11) is 1.66. The highest BCUT2D eigenvalue weighted by Gasteiger charge is 2.22. The number of carbonyl (C=O) groups is 1. The van der Waals surface area contributed by atoms with E-state index < -0.39 is 0 Å². The van der Waals surface area contributed by atoms with Gasteiger partial charge in [0.25, 0.3) is 5.91 Å². The van der Waals surface area contributed by atoms with E-state index in [1.54, 1.807) is 25.4 Å². The van der Waals surface area contributed by atoms with Gasteiger partial charge in [0.15, 0.2) is 0 Å². The molecule has 2 aromatic rings. The van der Waals surface area contributed by atoms with Crippen molar-refractivity contribution in [3.05, 3.63) is 48.2 Å². The van der Waals surface area contributed by atoms with Crippen molar-refractivity contribution < 1.29 is 9.53 Å². The summed E-state index contributed by atoms with van der Waals surface area (Å²) in [6.45, 7) is 2.90. The maximum Gasteiger partial charge on any atom is 0.253 e. The minimum Gasteiger partial charge on any atom is -0.759 e. The van der Waals surface area contributed by atoms with Gasteiger partial charge in [-0.1, -0.05) is 11.1 Å². The van der Waals surface area contributed by atoms with Gasteiger partial charge >= 0.3 is 0 Å². The van der Waals surface area contributed by atoms with Crippen LogP contribution in [0.3, 0.4) is 0 Å². The highest BCUT2D eigenvalue weighted by atomic mass is 32.1. The van der Waals surface area contributed by atoms with E-state index in [1.165, 1.54) is 0 Å². The number of rotatable bonds is 3. The maximum atomic E-state index is 12.5. The van der Waals surface area contributed by atoms with Gasteiger partial charge in [-0.3, -0.25) is 9.78 Å². The third-order valence-corrected chi connectivity index (χ3v) is 4.31. The summed E-state index contributed by atoms with van der Waals surface area (Å²) in [6.07, 6.45) is 1.61. The third-order valence-electron chi connectivity index (χ3n) is 3.99.